The Morgan fingerprint density at radius 2 is 1.96 bits per heavy atom. The number of ether oxygens (including phenoxy) is 1. The highest BCUT2D eigenvalue weighted by Gasteiger charge is 2.20. The minimum atomic E-state index is -0.0680. The number of benzene rings is 1. The molecule has 2 aromatic rings. The second kappa shape index (κ2) is 7.19. The first-order valence-corrected chi connectivity index (χ1v) is 7.73. The van der Waals surface area contributed by atoms with Crippen LogP contribution in [0.5, 0.6) is 0 Å². The molecule has 1 fully saturated rings. The quantitative estimate of drug-likeness (QED) is 0.933. The number of rotatable bonds is 4. The number of anilines is 1. The molecule has 1 aromatic carbocycles. The van der Waals surface area contributed by atoms with Gasteiger partial charge in [0.25, 0.3) is 5.91 Å². The average molecular weight is 312 g/mol. The molecule has 1 saturated heterocycles. The maximum atomic E-state index is 12.5. The molecule has 0 saturated carbocycles. The molecule has 0 atom stereocenters. The van der Waals surface area contributed by atoms with E-state index in [1.54, 1.807) is 11.0 Å². The lowest BCUT2D eigenvalue weighted by Crippen LogP contribution is -2.41. The maximum absolute atomic E-state index is 12.5. The third-order valence-electron chi connectivity index (χ3n) is 3.67. The number of hydrogen-bond acceptors (Lipinski definition) is 5. The van der Waals surface area contributed by atoms with Crippen LogP contribution >= 0.6 is 0 Å². The number of aromatic nitrogens is 2. The van der Waals surface area contributed by atoms with Gasteiger partial charge in [-0.2, -0.15) is 0 Å². The van der Waals surface area contributed by atoms with Crippen LogP contribution in [-0.4, -0.2) is 47.1 Å². The topological polar surface area (TPSA) is 67.4 Å². The maximum Gasteiger partial charge on any atom is 0.272 e. The Morgan fingerprint density at radius 1 is 1.22 bits per heavy atom. The molecule has 23 heavy (non-hydrogen) atoms. The zero-order valence-corrected chi connectivity index (χ0v) is 13.2. The summed E-state index contributed by atoms with van der Waals surface area (Å²) in [6.45, 7) is 4.86. The Hall–Kier alpha value is -2.47. The molecule has 3 rings (SSSR count). The minimum absolute atomic E-state index is 0.0680. The van der Waals surface area contributed by atoms with Crippen molar-refractivity contribution in [3.05, 3.63) is 53.3 Å². The van der Waals surface area contributed by atoms with Crippen LogP contribution in [0.4, 0.5) is 5.95 Å². The van der Waals surface area contributed by atoms with Crippen LogP contribution in [0.25, 0.3) is 0 Å². The summed E-state index contributed by atoms with van der Waals surface area (Å²) in [4.78, 5) is 23.0. The zero-order valence-electron chi connectivity index (χ0n) is 13.2. The van der Waals surface area contributed by atoms with Crippen molar-refractivity contribution in [1.29, 1.82) is 0 Å². The van der Waals surface area contributed by atoms with Crippen molar-refractivity contribution in [2.75, 3.05) is 31.6 Å². The molecule has 1 aromatic heterocycles. The molecule has 0 radical (unpaired) electrons. The molecule has 6 nitrogen and oxygen atoms in total. The number of nitrogens with one attached hydrogen (secondary N) is 1. The average Bonchev–Trinajstić information content (AvgIpc) is 2.60. The first-order valence-electron chi connectivity index (χ1n) is 7.73. The number of hydrogen-bond donors (Lipinski definition) is 1. The molecule has 1 amide bonds. The summed E-state index contributed by atoms with van der Waals surface area (Å²) in [7, 11) is 0. The van der Waals surface area contributed by atoms with Crippen LogP contribution in [-0.2, 0) is 11.3 Å². The molecule has 1 N–H and O–H groups in total. The van der Waals surface area contributed by atoms with Gasteiger partial charge in [0, 0.05) is 25.3 Å². The normalized spacial score (nSPS) is 14.6. The zero-order chi connectivity index (χ0) is 16.1. The van der Waals surface area contributed by atoms with Crippen LogP contribution < -0.4 is 5.32 Å². The lowest BCUT2D eigenvalue weighted by atomic mass is 10.2. The van der Waals surface area contributed by atoms with E-state index in [0.29, 0.717) is 44.5 Å². The van der Waals surface area contributed by atoms with Gasteiger partial charge >= 0.3 is 0 Å². The summed E-state index contributed by atoms with van der Waals surface area (Å²) < 4.78 is 5.28. The lowest BCUT2D eigenvalue weighted by Gasteiger charge is -2.26. The Bertz CT molecular complexity index is 670. The van der Waals surface area contributed by atoms with Crippen molar-refractivity contribution < 1.29 is 9.53 Å². The number of aryl methyl sites for hydroxylation is 1. The largest absolute Gasteiger partial charge is 0.378 e. The monoisotopic (exact) mass is 312 g/mol. The van der Waals surface area contributed by atoms with Crippen LogP contribution in [0.15, 0.2) is 36.4 Å². The second-order valence-electron chi connectivity index (χ2n) is 5.46. The fourth-order valence-corrected chi connectivity index (χ4v) is 2.46. The molecule has 1 aliphatic rings. The van der Waals surface area contributed by atoms with Gasteiger partial charge in [0.15, 0.2) is 0 Å². The number of nitrogens with zero attached hydrogens (tertiary/aromatic N) is 3. The summed E-state index contributed by atoms with van der Waals surface area (Å²) in [5.41, 5.74) is 2.33. The fraction of sp³-hybridized carbons (Fsp3) is 0.353. The van der Waals surface area contributed by atoms with Crippen LogP contribution in [0.3, 0.4) is 0 Å². The van der Waals surface area contributed by atoms with Gasteiger partial charge in [-0.25, -0.2) is 9.97 Å². The van der Waals surface area contributed by atoms with E-state index in [0.717, 1.165) is 11.3 Å². The number of carbonyl (C=O) groups excluding carboxylic acids is 1. The van der Waals surface area contributed by atoms with Crippen molar-refractivity contribution in [1.82, 2.24) is 14.9 Å². The molecular formula is C17H20N4O2. The molecule has 1 aliphatic heterocycles. The summed E-state index contributed by atoms with van der Waals surface area (Å²) >= 11 is 0. The molecule has 0 aliphatic carbocycles. The predicted octanol–water partition coefficient (Wildman–Crippen LogP) is 1.87. The van der Waals surface area contributed by atoms with Gasteiger partial charge in [0.2, 0.25) is 5.95 Å². The van der Waals surface area contributed by atoms with E-state index < -0.39 is 0 Å². The first-order chi connectivity index (χ1) is 11.2. The van der Waals surface area contributed by atoms with Gasteiger partial charge in [-0.15, -0.1) is 0 Å². The Kier molecular flexibility index (Phi) is 4.83. The molecule has 6 heteroatoms. The SMILES string of the molecule is Cc1cc(C(=O)N2CCOCC2)nc(NCc2ccccc2)n1. The van der Waals surface area contributed by atoms with Crippen molar-refractivity contribution in [2.45, 2.75) is 13.5 Å². The third kappa shape index (κ3) is 4.04. The van der Waals surface area contributed by atoms with Crippen LogP contribution in [0.1, 0.15) is 21.7 Å². The van der Waals surface area contributed by atoms with Crippen molar-refractivity contribution in [3.63, 3.8) is 0 Å². The van der Waals surface area contributed by atoms with E-state index in [9.17, 15) is 4.79 Å². The van der Waals surface area contributed by atoms with Crippen LogP contribution in [0.2, 0.25) is 0 Å². The van der Waals surface area contributed by atoms with Crippen LogP contribution in [0, 0.1) is 6.92 Å². The van der Waals surface area contributed by atoms with E-state index in [-0.39, 0.29) is 5.91 Å². The van der Waals surface area contributed by atoms with Crippen molar-refractivity contribution in [3.8, 4) is 0 Å². The molecule has 0 unspecified atom stereocenters. The summed E-state index contributed by atoms with van der Waals surface area (Å²) in [5.74, 6) is 0.409. The summed E-state index contributed by atoms with van der Waals surface area (Å²) in [5, 5.41) is 3.18. The standard InChI is InChI=1S/C17H20N4O2/c1-13-11-15(16(22)21-7-9-23-10-8-21)20-17(19-13)18-12-14-5-3-2-4-6-14/h2-6,11H,7-10,12H2,1H3,(H,18,19,20). The van der Waals surface area contributed by atoms with E-state index in [1.807, 2.05) is 37.3 Å². The van der Waals surface area contributed by atoms with E-state index in [4.69, 9.17) is 4.74 Å². The van der Waals surface area contributed by atoms with Gasteiger partial charge < -0.3 is 15.0 Å². The number of carbonyl (C=O) groups is 1. The molecule has 0 spiro atoms. The van der Waals surface area contributed by atoms with E-state index in [1.165, 1.54) is 0 Å². The first kappa shape index (κ1) is 15.4. The Balaban J connectivity index is 1.72. The number of amides is 1. The highest BCUT2D eigenvalue weighted by atomic mass is 16.5. The highest BCUT2D eigenvalue weighted by Crippen LogP contribution is 2.11. The molecule has 2 heterocycles. The van der Waals surface area contributed by atoms with E-state index >= 15 is 0 Å². The molecule has 0 bridgehead atoms. The highest BCUT2D eigenvalue weighted by molar-refractivity contribution is 5.92. The second-order valence-corrected chi connectivity index (χ2v) is 5.46. The fourth-order valence-electron chi connectivity index (χ4n) is 2.46. The Morgan fingerprint density at radius 3 is 2.70 bits per heavy atom. The predicted molar refractivity (Wildman–Crippen MR) is 87.3 cm³/mol. The summed E-state index contributed by atoms with van der Waals surface area (Å²) in [6.07, 6.45) is 0. The summed E-state index contributed by atoms with van der Waals surface area (Å²) in [6, 6.07) is 11.7. The Labute approximate surface area is 135 Å². The van der Waals surface area contributed by atoms with Gasteiger partial charge in [-0.1, -0.05) is 30.3 Å². The molecule has 120 valence electrons. The van der Waals surface area contributed by atoms with Gasteiger partial charge in [0.1, 0.15) is 5.69 Å². The van der Waals surface area contributed by atoms with E-state index in [2.05, 4.69) is 15.3 Å². The van der Waals surface area contributed by atoms with Crippen molar-refractivity contribution in [2.24, 2.45) is 0 Å². The smallest absolute Gasteiger partial charge is 0.272 e. The lowest BCUT2D eigenvalue weighted by molar-refractivity contribution is 0.0299. The van der Waals surface area contributed by atoms with Gasteiger partial charge in [-0.3, -0.25) is 4.79 Å². The minimum Gasteiger partial charge on any atom is -0.378 e. The van der Waals surface area contributed by atoms with Gasteiger partial charge in [-0.05, 0) is 18.6 Å². The number of morpholine rings is 1. The molecular weight excluding hydrogens is 292 g/mol. The van der Waals surface area contributed by atoms with Gasteiger partial charge in [0.05, 0.1) is 13.2 Å². The van der Waals surface area contributed by atoms with Crippen molar-refractivity contribution >= 4 is 11.9 Å². The third-order valence-corrected chi connectivity index (χ3v) is 3.67.